The highest BCUT2D eigenvalue weighted by atomic mass is 19.4. The summed E-state index contributed by atoms with van der Waals surface area (Å²) in [6.07, 6.45) is -4.59. The van der Waals surface area contributed by atoms with Gasteiger partial charge in [-0.3, -0.25) is 9.59 Å². The molecule has 0 fully saturated rings. The number of rotatable bonds is 11. The summed E-state index contributed by atoms with van der Waals surface area (Å²) < 4.78 is 41.1. The summed E-state index contributed by atoms with van der Waals surface area (Å²) in [5.41, 5.74) is 3.43. The third kappa shape index (κ3) is 9.64. The summed E-state index contributed by atoms with van der Waals surface area (Å²) in [5, 5.41) is 16.8. The van der Waals surface area contributed by atoms with E-state index >= 15 is 0 Å². The summed E-state index contributed by atoms with van der Waals surface area (Å²) in [4.78, 5) is 35.8. The van der Waals surface area contributed by atoms with Crippen LogP contribution in [-0.4, -0.2) is 35.9 Å². The Labute approximate surface area is 229 Å². The SMILES string of the molecule is CC(C)c1ccc(CC(NC(=O)Nc2ccc(OC(F)(F)F)cc2)c2ccc(C(=O)NCCC(=O)O)cc2)cc1. The van der Waals surface area contributed by atoms with E-state index in [0.29, 0.717) is 23.5 Å². The number of benzene rings is 3. The maximum atomic E-state index is 12.8. The Bertz CT molecular complexity index is 1290. The lowest BCUT2D eigenvalue weighted by molar-refractivity contribution is -0.274. The van der Waals surface area contributed by atoms with E-state index in [9.17, 15) is 27.6 Å². The largest absolute Gasteiger partial charge is 0.573 e. The van der Waals surface area contributed by atoms with Gasteiger partial charge in [-0.05, 0) is 65.4 Å². The van der Waals surface area contributed by atoms with E-state index in [1.165, 1.54) is 17.7 Å². The van der Waals surface area contributed by atoms with Gasteiger partial charge in [-0.15, -0.1) is 13.2 Å². The lowest BCUT2D eigenvalue weighted by Crippen LogP contribution is -2.33. The van der Waals surface area contributed by atoms with Crippen molar-refractivity contribution in [3.8, 4) is 5.75 Å². The molecule has 0 spiro atoms. The lowest BCUT2D eigenvalue weighted by atomic mass is 9.95. The van der Waals surface area contributed by atoms with Crippen LogP contribution in [0.1, 0.15) is 59.3 Å². The minimum Gasteiger partial charge on any atom is -0.481 e. The average molecular weight is 558 g/mol. The normalized spacial score (nSPS) is 11.9. The number of ether oxygens (including phenoxy) is 1. The highest BCUT2D eigenvalue weighted by molar-refractivity contribution is 5.94. The summed E-state index contributed by atoms with van der Waals surface area (Å²) in [7, 11) is 0. The maximum absolute atomic E-state index is 12.8. The fourth-order valence-electron chi connectivity index (χ4n) is 3.84. The number of nitrogens with one attached hydrogen (secondary N) is 3. The van der Waals surface area contributed by atoms with Gasteiger partial charge in [0.1, 0.15) is 5.75 Å². The number of alkyl halides is 3. The van der Waals surface area contributed by atoms with Gasteiger partial charge in [-0.2, -0.15) is 0 Å². The third-order valence-corrected chi connectivity index (χ3v) is 5.94. The van der Waals surface area contributed by atoms with Crippen LogP contribution in [0, 0.1) is 0 Å². The zero-order valence-corrected chi connectivity index (χ0v) is 21.9. The summed E-state index contributed by atoms with van der Waals surface area (Å²) in [5.74, 6) is -1.49. The number of amides is 3. The second-order valence-electron chi connectivity index (χ2n) is 9.35. The smallest absolute Gasteiger partial charge is 0.481 e. The number of halogens is 3. The van der Waals surface area contributed by atoms with Crippen LogP contribution in [-0.2, 0) is 11.2 Å². The van der Waals surface area contributed by atoms with Crippen LogP contribution in [0.5, 0.6) is 5.75 Å². The molecule has 3 aromatic rings. The molecule has 3 amide bonds. The lowest BCUT2D eigenvalue weighted by Gasteiger charge is -2.21. The van der Waals surface area contributed by atoms with Gasteiger partial charge < -0.3 is 25.8 Å². The first-order valence-electron chi connectivity index (χ1n) is 12.5. The minimum atomic E-state index is -4.82. The van der Waals surface area contributed by atoms with E-state index < -0.39 is 36.1 Å². The number of hydrogen-bond acceptors (Lipinski definition) is 4. The zero-order valence-electron chi connectivity index (χ0n) is 21.9. The van der Waals surface area contributed by atoms with E-state index in [4.69, 9.17) is 5.11 Å². The number of carboxylic acids is 1. The van der Waals surface area contributed by atoms with Crippen molar-refractivity contribution >= 4 is 23.6 Å². The molecule has 8 nitrogen and oxygen atoms in total. The molecule has 0 aliphatic rings. The van der Waals surface area contributed by atoms with Crippen LogP contribution in [0.15, 0.2) is 72.8 Å². The highest BCUT2D eigenvalue weighted by Gasteiger charge is 2.31. The average Bonchev–Trinajstić information content (AvgIpc) is 2.89. The van der Waals surface area contributed by atoms with E-state index in [1.54, 1.807) is 24.3 Å². The quantitative estimate of drug-likeness (QED) is 0.230. The number of carboxylic acid groups (broad SMARTS) is 1. The van der Waals surface area contributed by atoms with E-state index in [2.05, 4.69) is 34.5 Å². The Hall–Kier alpha value is -4.54. The van der Waals surface area contributed by atoms with Crippen LogP contribution in [0.25, 0.3) is 0 Å². The number of hydrogen-bond donors (Lipinski definition) is 4. The van der Waals surface area contributed by atoms with E-state index in [1.807, 2.05) is 24.3 Å². The molecule has 3 rings (SSSR count). The summed E-state index contributed by atoms with van der Waals surface area (Å²) in [6.45, 7) is 4.17. The topological polar surface area (TPSA) is 117 Å². The van der Waals surface area contributed by atoms with Gasteiger partial charge in [0.05, 0.1) is 12.5 Å². The van der Waals surface area contributed by atoms with Gasteiger partial charge in [0.2, 0.25) is 0 Å². The number of carbonyl (C=O) groups excluding carboxylic acids is 2. The second-order valence-corrected chi connectivity index (χ2v) is 9.35. The Morgan fingerprint density at radius 3 is 2.02 bits per heavy atom. The van der Waals surface area contributed by atoms with Crippen molar-refractivity contribution in [3.63, 3.8) is 0 Å². The molecule has 3 aromatic carbocycles. The Morgan fingerprint density at radius 2 is 1.48 bits per heavy atom. The molecule has 0 heterocycles. The molecule has 0 aromatic heterocycles. The number of carbonyl (C=O) groups is 3. The molecule has 11 heteroatoms. The predicted molar refractivity (Wildman–Crippen MR) is 143 cm³/mol. The van der Waals surface area contributed by atoms with Crippen molar-refractivity contribution in [2.24, 2.45) is 0 Å². The molecule has 40 heavy (non-hydrogen) atoms. The molecular formula is C29H30F3N3O5. The molecule has 0 saturated carbocycles. The molecule has 0 saturated heterocycles. The van der Waals surface area contributed by atoms with Crippen molar-refractivity contribution in [1.82, 2.24) is 10.6 Å². The fourth-order valence-corrected chi connectivity index (χ4v) is 3.84. The van der Waals surface area contributed by atoms with Crippen molar-refractivity contribution in [1.29, 1.82) is 0 Å². The molecule has 4 N–H and O–H groups in total. The number of urea groups is 1. The van der Waals surface area contributed by atoms with Gasteiger partial charge in [0.15, 0.2) is 0 Å². The monoisotopic (exact) mass is 557 g/mol. The van der Waals surface area contributed by atoms with Crippen molar-refractivity contribution in [2.45, 2.75) is 45.0 Å². The first-order valence-corrected chi connectivity index (χ1v) is 12.5. The molecule has 0 aliphatic heterocycles. The van der Waals surface area contributed by atoms with Crippen molar-refractivity contribution in [3.05, 3.63) is 95.1 Å². The highest BCUT2D eigenvalue weighted by Crippen LogP contribution is 2.25. The molecule has 1 atom stereocenters. The van der Waals surface area contributed by atoms with Crippen molar-refractivity contribution in [2.75, 3.05) is 11.9 Å². The Morgan fingerprint density at radius 1 is 0.875 bits per heavy atom. The maximum Gasteiger partial charge on any atom is 0.573 e. The number of anilines is 1. The first kappa shape index (κ1) is 30.0. The van der Waals surface area contributed by atoms with Gasteiger partial charge >= 0.3 is 18.4 Å². The van der Waals surface area contributed by atoms with Gasteiger partial charge in [-0.1, -0.05) is 50.2 Å². The van der Waals surface area contributed by atoms with E-state index in [-0.39, 0.29) is 18.7 Å². The van der Waals surface area contributed by atoms with Crippen molar-refractivity contribution < 1.29 is 37.4 Å². The molecule has 0 bridgehead atoms. The zero-order chi connectivity index (χ0) is 29.3. The van der Waals surface area contributed by atoms with Gasteiger partial charge in [0.25, 0.3) is 5.91 Å². The van der Waals surface area contributed by atoms with Crippen LogP contribution in [0.2, 0.25) is 0 Å². The number of aliphatic carboxylic acids is 1. The van der Waals surface area contributed by atoms with E-state index in [0.717, 1.165) is 17.7 Å². The van der Waals surface area contributed by atoms with Crippen LogP contribution in [0.3, 0.4) is 0 Å². The third-order valence-electron chi connectivity index (χ3n) is 5.94. The summed E-state index contributed by atoms with van der Waals surface area (Å²) >= 11 is 0. The summed E-state index contributed by atoms with van der Waals surface area (Å²) in [6, 6.07) is 18.2. The van der Waals surface area contributed by atoms with Gasteiger partial charge in [0, 0.05) is 17.8 Å². The minimum absolute atomic E-state index is 0.00402. The van der Waals surface area contributed by atoms with Crippen LogP contribution < -0.4 is 20.7 Å². The molecule has 212 valence electrons. The predicted octanol–water partition coefficient (Wildman–Crippen LogP) is 6.02. The first-order chi connectivity index (χ1) is 18.9. The van der Waals surface area contributed by atoms with Gasteiger partial charge in [-0.25, -0.2) is 4.79 Å². The molecular weight excluding hydrogens is 527 g/mol. The van der Waals surface area contributed by atoms with Crippen LogP contribution in [0.4, 0.5) is 23.7 Å². The molecule has 0 radical (unpaired) electrons. The Kier molecular flexibility index (Phi) is 10.1. The molecule has 0 aliphatic carbocycles. The fraction of sp³-hybridized carbons (Fsp3) is 0.276. The second kappa shape index (κ2) is 13.5. The Balaban J connectivity index is 1.74. The molecule has 1 unspecified atom stereocenters. The standard InChI is InChI=1S/C29H30F3N3O5/c1-18(2)20-5-3-19(4-6-20)17-25(21-7-9-22(10-8-21)27(38)33-16-15-26(36)37)35-28(39)34-23-11-13-24(14-12-23)40-29(30,31)32/h3-14,18,25H,15-17H2,1-2H3,(H,33,38)(H,36,37)(H2,34,35,39). The van der Waals surface area contributed by atoms with Crippen LogP contribution >= 0.6 is 0 Å².